The highest BCUT2D eigenvalue weighted by atomic mass is 32.2. The Morgan fingerprint density at radius 3 is 2.52 bits per heavy atom. The van der Waals surface area contributed by atoms with Crippen LogP contribution in [0.1, 0.15) is 11.1 Å². The van der Waals surface area contributed by atoms with E-state index in [2.05, 4.69) is 14.8 Å². The Balaban J connectivity index is 1.71. The smallest absolute Gasteiger partial charge is 0.267 e. The van der Waals surface area contributed by atoms with Crippen LogP contribution in [-0.4, -0.2) is 30.1 Å². The molecular formula is C19H17FN4O3S2. The third-order valence-electron chi connectivity index (χ3n) is 4.52. The van der Waals surface area contributed by atoms with Crippen LogP contribution in [-0.2, 0) is 10.0 Å². The molecule has 0 aliphatic heterocycles. The molecule has 0 bridgehead atoms. The summed E-state index contributed by atoms with van der Waals surface area (Å²) in [6.45, 7) is 3.71. The number of methoxy groups -OCH3 is 1. The number of fused-ring (bicyclic) bond motifs is 1. The van der Waals surface area contributed by atoms with Gasteiger partial charge in [-0.15, -0.1) is 16.4 Å². The van der Waals surface area contributed by atoms with Gasteiger partial charge in [-0.1, -0.05) is 0 Å². The number of ether oxygens (including phenoxy) is 1. The number of anilines is 1. The van der Waals surface area contributed by atoms with Crippen molar-refractivity contribution in [3.63, 3.8) is 0 Å². The van der Waals surface area contributed by atoms with E-state index in [1.807, 2.05) is 19.2 Å². The standard InChI is InChI=1S/C19H17FN4O3S2/c1-11-8-16(27-3)17(9-12(11)2)29(25,26)23-18-21-19-24(22-18)15(10-28-19)13-4-6-14(20)7-5-13/h4-10H,1-3H3,(H,22,23). The fourth-order valence-corrected chi connectivity index (χ4v) is 4.86. The zero-order valence-corrected chi connectivity index (χ0v) is 17.4. The van der Waals surface area contributed by atoms with E-state index in [4.69, 9.17) is 4.74 Å². The van der Waals surface area contributed by atoms with E-state index in [1.165, 1.54) is 35.1 Å². The topological polar surface area (TPSA) is 85.6 Å². The van der Waals surface area contributed by atoms with Gasteiger partial charge in [0.25, 0.3) is 16.0 Å². The molecule has 0 aliphatic rings. The molecule has 4 rings (SSSR count). The quantitative estimate of drug-likeness (QED) is 0.515. The summed E-state index contributed by atoms with van der Waals surface area (Å²) in [5, 5.41) is 6.10. The van der Waals surface area contributed by atoms with Gasteiger partial charge < -0.3 is 4.74 Å². The van der Waals surface area contributed by atoms with E-state index in [9.17, 15) is 12.8 Å². The van der Waals surface area contributed by atoms with Crippen LogP contribution >= 0.6 is 11.3 Å². The number of aryl methyl sites for hydroxylation is 2. The van der Waals surface area contributed by atoms with Crippen LogP contribution in [0, 0.1) is 19.7 Å². The fourth-order valence-electron chi connectivity index (χ4n) is 2.85. The second kappa shape index (κ2) is 7.12. The summed E-state index contributed by atoms with van der Waals surface area (Å²) in [6.07, 6.45) is 0. The van der Waals surface area contributed by atoms with Gasteiger partial charge in [-0.2, -0.15) is 4.98 Å². The number of thiazole rings is 1. The third kappa shape index (κ3) is 3.56. The van der Waals surface area contributed by atoms with Crippen molar-refractivity contribution in [2.24, 2.45) is 0 Å². The summed E-state index contributed by atoms with van der Waals surface area (Å²) in [5.41, 5.74) is 3.17. The molecular weight excluding hydrogens is 415 g/mol. The second-order valence-corrected chi connectivity index (χ2v) is 8.94. The van der Waals surface area contributed by atoms with E-state index in [0.29, 0.717) is 10.7 Å². The predicted octanol–water partition coefficient (Wildman–Crippen LogP) is 4.02. The molecule has 0 saturated carbocycles. The number of hydrogen-bond acceptors (Lipinski definition) is 6. The Kier molecular flexibility index (Phi) is 4.75. The Labute approximate surface area is 170 Å². The molecule has 0 radical (unpaired) electrons. The zero-order valence-electron chi connectivity index (χ0n) is 15.8. The summed E-state index contributed by atoms with van der Waals surface area (Å²) in [7, 11) is -2.54. The lowest BCUT2D eigenvalue weighted by Crippen LogP contribution is -2.15. The molecule has 0 unspecified atom stereocenters. The molecule has 0 atom stereocenters. The van der Waals surface area contributed by atoms with Crippen LogP contribution in [0.4, 0.5) is 10.3 Å². The summed E-state index contributed by atoms with van der Waals surface area (Å²) in [5.74, 6) is -0.149. The van der Waals surface area contributed by atoms with Gasteiger partial charge in [0.2, 0.25) is 4.96 Å². The molecule has 1 N–H and O–H groups in total. The van der Waals surface area contributed by atoms with Gasteiger partial charge in [0.05, 0.1) is 12.8 Å². The van der Waals surface area contributed by atoms with Crippen LogP contribution in [0.5, 0.6) is 5.75 Å². The highest BCUT2D eigenvalue weighted by Crippen LogP contribution is 2.30. The van der Waals surface area contributed by atoms with Crippen LogP contribution < -0.4 is 9.46 Å². The summed E-state index contributed by atoms with van der Waals surface area (Å²) in [6, 6.07) is 9.19. The van der Waals surface area contributed by atoms with E-state index < -0.39 is 10.0 Å². The molecule has 7 nitrogen and oxygen atoms in total. The second-order valence-electron chi connectivity index (χ2n) is 6.45. The Bertz CT molecular complexity index is 1310. The minimum absolute atomic E-state index is 0.0139. The fraction of sp³-hybridized carbons (Fsp3) is 0.158. The van der Waals surface area contributed by atoms with Crippen molar-refractivity contribution >= 4 is 32.3 Å². The lowest BCUT2D eigenvalue weighted by molar-refractivity contribution is 0.402. The molecule has 0 aliphatic carbocycles. The van der Waals surface area contributed by atoms with Gasteiger partial charge in [-0.3, -0.25) is 0 Å². The van der Waals surface area contributed by atoms with Crippen molar-refractivity contribution < 1.29 is 17.5 Å². The minimum Gasteiger partial charge on any atom is -0.495 e. The van der Waals surface area contributed by atoms with Crippen LogP contribution in [0.3, 0.4) is 0 Å². The van der Waals surface area contributed by atoms with Gasteiger partial charge in [0.1, 0.15) is 16.5 Å². The third-order valence-corrected chi connectivity index (χ3v) is 6.68. The van der Waals surface area contributed by atoms with Crippen molar-refractivity contribution in [1.29, 1.82) is 0 Å². The zero-order chi connectivity index (χ0) is 20.8. The Morgan fingerprint density at radius 1 is 1.14 bits per heavy atom. The first-order valence-electron chi connectivity index (χ1n) is 8.57. The molecule has 2 aromatic heterocycles. The van der Waals surface area contributed by atoms with Crippen LogP contribution in [0.15, 0.2) is 46.7 Å². The molecule has 2 heterocycles. The number of nitrogens with zero attached hydrogens (tertiary/aromatic N) is 3. The maximum Gasteiger partial charge on any atom is 0.267 e. The van der Waals surface area contributed by atoms with Crippen molar-refractivity contribution in [2.75, 3.05) is 11.8 Å². The molecule has 0 amide bonds. The number of benzene rings is 2. The average Bonchev–Trinajstić information content (AvgIpc) is 3.24. The van der Waals surface area contributed by atoms with Gasteiger partial charge in [-0.25, -0.2) is 22.0 Å². The number of sulfonamides is 1. The lowest BCUT2D eigenvalue weighted by Gasteiger charge is -2.12. The molecule has 0 fully saturated rings. The van der Waals surface area contributed by atoms with Crippen LogP contribution in [0.25, 0.3) is 16.2 Å². The van der Waals surface area contributed by atoms with Gasteiger partial charge in [0.15, 0.2) is 0 Å². The summed E-state index contributed by atoms with van der Waals surface area (Å²) in [4.78, 5) is 4.77. The summed E-state index contributed by atoms with van der Waals surface area (Å²) >= 11 is 1.30. The number of nitrogens with one attached hydrogen (secondary N) is 1. The van der Waals surface area contributed by atoms with Crippen molar-refractivity contribution in [2.45, 2.75) is 18.7 Å². The SMILES string of the molecule is COc1cc(C)c(C)cc1S(=O)(=O)Nc1nc2scc(-c3ccc(F)cc3)n2n1. The molecule has 29 heavy (non-hydrogen) atoms. The van der Waals surface area contributed by atoms with Gasteiger partial charge in [-0.05, 0) is 61.4 Å². The molecule has 10 heteroatoms. The molecule has 150 valence electrons. The minimum atomic E-state index is -3.96. The number of halogens is 1. The lowest BCUT2D eigenvalue weighted by atomic mass is 10.1. The number of rotatable bonds is 5. The van der Waals surface area contributed by atoms with E-state index in [1.54, 1.807) is 24.3 Å². The van der Waals surface area contributed by atoms with Crippen LogP contribution in [0.2, 0.25) is 0 Å². The van der Waals surface area contributed by atoms with E-state index in [0.717, 1.165) is 16.7 Å². The Hall–Kier alpha value is -2.98. The Morgan fingerprint density at radius 2 is 1.83 bits per heavy atom. The first-order chi connectivity index (χ1) is 13.8. The predicted molar refractivity (Wildman–Crippen MR) is 110 cm³/mol. The van der Waals surface area contributed by atoms with Crippen molar-refractivity contribution in [3.05, 3.63) is 58.7 Å². The number of hydrogen-bond donors (Lipinski definition) is 1. The highest BCUT2D eigenvalue weighted by Gasteiger charge is 2.23. The first-order valence-corrected chi connectivity index (χ1v) is 10.9. The van der Waals surface area contributed by atoms with E-state index in [-0.39, 0.29) is 22.4 Å². The van der Waals surface area contributed by atoms with Crippen molar-refractivity contribution in [3.8, 4) is 17.0 Å². The summed E-state index contributed by atoms with van der Waals surface area (Å²) < 4.78 is 48.2. The number of aromatic nitrogens is 3. The largest absolute Gasteiger partial charge is 0.495 e. The molecule has 0 spiro atoms. The molecule has 0 saturated heterocycles. The van der Waals surface area contributed by atoms with Crippen molar-refractivity contribution in [1.82, 2.24) is 14.6 Å². The van der Waals surface area contributed by atoms with Gasteiger partial charge >= 0.3 is 0 Å². The molecule has 2 aromatic carbocycles. The highest BCUT2D eigenvalue weighted by molar-refractivity contribution is 7.92. The normalized spacial score (nSPS) is 11.7. The monoisotopic (exact) mass is 432 g/mol. The molecule has 4 aromatic rings. The average molecular weight is 433 g/mol. The maximum absolute atomic E-state index is 13.2. The van der Waals surface area contributed by atoms with Gasteiger partial charge in [0, 0.05) is 10.9 Å². The van der Waals surface area contributed by atoms with E-state index >= 15 is 0 Å². The first kappa shape index (κ1) is 19.3. The maximum atomic E-state index is 13.2.